The Bertz CT molecular complexity index is 412. The summed E-state index contributed by atoms with van der Waals surface area (Å²) < 4.78 is 25.8. The summed E-state index contributed by atoms with van der Waals surface area (Å²) >= 11 is 0. The molecule has 100 valence electrons. The Kier molecular flexibility index (Phi) is 3.73. The molecule has 1 fully saturated rings. The lowest BCUT2D eigenvalue weighted by Gasteiger charge is -2.25. The van der Waals surface area contributed by atoms with Gasteiger partial charge in [-0.1, -0.05) is 19.8 Å². The highest BCUT2D eigenvalue weighted by atomic mass is 19.3. The maximum Gasteiger partial charge on any atom is 0.265 e. The summed E-state index contributed by atoms with van der Waals surface area (Å²) in [5.74, 6) is 0. The van der Waals surface area contributed by atoms with Crippen LogP contribution in [-0.4, -0.2) is 6.54 Å². The summed E-state index contributed by atoms with van der Waals surface area (Å²) in [5, 5.41) is 3.17. The maximum atomic E-state index is 12.9. The van der Waals surface area contributed by atoms with E-state index in [1.807, 2.05) is 0 Å². The van der Waals surface area contributed by atoms with E-state index in [2.05, 4.69) is 12.2 Å². The predicted molar refractivity (Wildman–Crippen MR) is 70.9 cm³/mol. The molecule has 0 saturated heterocycles. The zero-order valence-corrected chi connectivity index (χ0v) is 10.7. The largest absolute Gasteiger partial charge is 0.399 e. The molecule has 0 unspecified atom stereocenters. The molecule has 1 saturated carbocycles. The first-order chi connectivity index (χ1) is 8.50. The lowest BCUT2D eigenvalue weighted by Crippen LogP contribution is -2.23. The zero-order chi connectivity index (χ0) is 13.2. The van der Waals surface area contributed by atoms with Crippen LogP contribution in [0.4, 0.5) is 20.2 Å². The van der Waals surface area contributed by atoms with Crippen molar-refractivity contribution >= 4 is 11.4 Å². The van der Waals surface area contributed by atoms with E-state index < -0.39 is 6.43 Å². The molecule has 1 aromatic rings. The van der Waals surface area contributed by atoms with E-state index >= 15 is 0 Å². The van der Waals surface area contributed by atoms with Crippen molar-refractivity contribution in [1.29, 1.82) is 0 Å². The van der Waals surface area contributed by atoms with E-state index in [-0.39, 0.29) is 11.0 Å². The van der Waals surface area contributed by atoms with E-state index in [0.29, 0.717) is 11.4 Å². The van der Waals surface area contributed by atoms with Crippen LogP contribution in [0.2, 0.25) is 0 Å². The molecule has 1 aliphatic rings. The van der Waals surface area contributed by atoms with Crippen molar-refractivity contribution in [2.24, 2.45) is 5.41 Å². The van der Waals surface area contributed by atoms with Crippen molar-refractivity contribution in [2.45, 2.75) is 39.0 Å². The Morgan fingerprint density at radius 3 is 2.61 bits per heavy atom. The molecule has 0 bridgehead atoms. The topological polar surface area (TPSA) is 38.0 Å². The average Bonchev–Trinajstić information content (AvgIpc) is 2.75. The van der Waals surface area contributed by atoms with Gasteiger partial charge < -0.3 is 11.1 Å². The van der Waals surface area contributed by atoms with Crippen molar-refractivity contribution in [3.8, 4) is 0 Å². The van der Waals surface area contributed by atoms with Gasteiger partial charge in [0.2, 0.25) is 0 Å². The summed E-state index contributed by atoms with van der Waals surface area (Å²) in [6.07, 6.45) is 2.31. The minimum absolute atomic E-state index is 0.00315. The third-order valence-corrected chi connectivity index (χ3v) is 3.83. The third kappa shape index (κ3) is 2.92. The normalized spacial score (nSPS) is 18.2. The highest BCUT2D eigenvalue weighted by molar-refractivity contribution is 5.58. The molecular weight excluding hydrogens is 234 g/mol. The molecule has 1 aromatic carbocycles. The van der Waals surface area contributed by atoms with Crippen molar-refractivity contribution in [2.75, 3.05) is 17.6 Å². The summed E-state index contributed by atoms with van der Waals surface area (Å²) in [5.41, 5.74) is 6.67. The van der Waals surface area contributed by atoms with Crippen LogP contribution in [-0.2, 0) is 0 Å². The number of nitrogen functional groups attached to an aromatic ring is 1. The highest BCUT2D eigenvalue weighted by Gasteiger charge is 2.28. The van der Waals surface area contributed by atoms with Crippen LogP contribution in [0.25, 0.3) is 0 Å². The number of nitrogens with one attached hydrogen (secondary N) is 1. The molecule has 0 atom stereocenters. The molecule has 0 spiro atoms. The molecule has 2 rings (SSSR count). The summed E-state index contributed by atoms with van der Waals surface area (Å²) in [6.45, 7) is 2.96. The van der Waals surface area contributed by atoms with Crippen LogP contribution in [0.15, 0.2) is 18.2 Å². The quantitative estimate of drug-likeness (QED) is 0.790. The van der Waals surface area contributed by atoms with Crippen LogP contribution in [0.1, 0.15) is 44.6 Å². The van der Waals surface area contributed by atoms with Crippen LogP contribution < -0.4 is 11.1 Å². The number of nitrogens with two attached hydrogens (primary N) is 1. The lowest BCUT2D eigenvalue weighted by atomic mass is 9.89. The standard InChI is InChI=1S/C14H20F2N2/c1-14(6-2-3-7-14)9-18-12-5-4-10(17)8-11(12)13(15)16/h4-5,8,13,18H,2-3,6-7,9,17H2,1H3. The van der Waals surface area contributed by atoms with Gasteiger partial charge in [-0.2, -0.15) is 0 Å². The molecule has 2 nitrogen and oxygen atoms in total. The van der Waals surface area contributed by atoms with Gasteiger partial charge in [0, 0.05) is 23.5 Å². The summed E-state index contributed by atoms with van der Waals surface area (Å²) in [7, 11) is 0. The minimum atomic E-state index is -2.49. The van der Waals surface area contributed by atoms with E-state index in [1.165, 1.54) is 31.7 Å². The molecule has 3 N–H and O–H groups in total. The predicted octanol–water partition coefficient (Wildman–Crippen LogP) is 4.20. The molecule has 0 aliphatic heterocycles. The number of hydrogen-bond donors (Lipinski definition) is 2. The van der Waals surface area contributed by atoms with Gasteiger partial charge in [-0.05, 0) is 36.5 Å². The summed E-state index contributed by atoms with van der Waals surface area (Å²) in [6, 6.07) is 4.66. The van der Waals surface area contributed by atoms with Gasteiger partial charge >= 0.3 is 0 Å². The fourth-order valence-corrected chi connectivity index (χ4v) is 2.64. The fourth-order valence-electron chi connectivity index (χ4n) is 2.64. The van der Waals surface area contributed by atoms with Crippen LogP contribution in [0.5, 0.6) is 0 Å². The molecular formula is C14H20F2N2. The number of rotatable bonds is 4. The van der Waals surface area contributed by atoms with E-state index in [1.54, 1.807) is 12.1 Å². The highest BCUT2D eigenvalue weighted by Crippen LogP contribution is 2.38. The van der Waals surface area contributed by atoms with Crippen LogP contribution >= 0.6 is 0 Å². The first kappa shape index (κ1) is 13.1. The van der Waals surface area contributed by atoms with Gasteiger partial charge in [0.15, 0.2) is 0 Å². The second kappa shape index (κ2) is 5.12. The fraction of sp³-hybridized carbons (Fsp3) is 0.571. The molecule has 0 radical (unpaired) electrons. The summed E-state index contributed by atoms with van der Waals surface area (Å²) in [4.78, 5) is 0. The molecule has 0 amide bonds. The van der Waals surface area contributed by atoms with Gasteiger partial charge in [-0.25, -0.2) is 8.78 Å². The molecule has 0 aromatic heterocycles. The number of alkyl halides is 2. The Labute approximate surface area is 107 Å². The van der Waals surface area contributed by atoms with Gasteiger partial charge in [0.1, 0.15) is 0 Å². The van der Waals surface area contributed by atoms with E-state index in [0.717, 1.165) is 6.54 Å². The van der Waals surface area contributed by atoms with Crippen molar-refractivity contribution in [3.05, 3.63) is 23.8 Å². The smallest absolute Gasteiger partial charge is 0.265 e. The third-order valence-electron chi connectivity index (χ3n) is 3.83. The molecule has 18 heavy (non-hydrogen) atoms. The van der Waals surface area contributed by atoms with Gasteiger partial charge in [0.25, 0.3) is 6.43 Å². The van der Waals surface area contributed by atoms with Gasteiger partial charge in [0.05, 0.1) is 0 Å². The second-order valence-corrected chi connectivity index (χ2v) is 5.52. The van der Waals surface area contributed by atoms with Crippen molar-refractivity contribution in [1.82, 2.24) is 0 Å². The Morgan fingerprint density at radius 2 is 2.00 bits per heavy atom. The van der Waals surface area contributed by atoms with Crippen LogP contribution in [0, 0.1) is 5.41 Å². The number of benzene rings is 1. The Hall–Kier alpha value is -1.32. The van der Waals surface area contributed by atoms with Crippen LogP contribution in [0.3, 0.4) is 0 Å². The van der Waals surface area contributed by atoms with Gasteiger partial charge in [-0.3, -0.25) is 0 Å². The van der Waals surface area contributed by atoms with E-state index in [4.69, 9.17) is 5.73 Å². The molecule has 0 heterocycles. The monoisotopic (exact) mass is 254 g/mol. The average molecular weight is 254 g/mol. The molecule has 4 heteroatoms. The Balaban J connectivity index is 2.09. The minimum Gasteiger partial charge on any atom is -0.399 e. The van der Waals surface area contributed by atoms with E-state index in [9.17, 15) is 8.78 Å². The maximum absolute atomic E-state index is 12.9. The number of halogens is 2. The Morgan fingerprint density at radius 1 is 1.33 bits per heavy atom. The number of anilines is 2. The number of hydrogen-bond acceptors (Lipinski definition) is 2. The lowest BCUT2D eigenvalue weighted by molar-refractivity contribution is 0.152. The first-order valence-corrected chi connectivity index (χ1v) is 6.42. The zero-order valence-electron chi connectivity index (χ0n) is 10.7. The van der Waals surface area contributed by atoms with Crippen molar-refractivity contribution < 1.29 is 8.78 Å². The van der Waals surface area contributed by atoms with Gasteiger partial charge in [-0.15, -0.1) is 0 Å². The molecule has 1 aliphatic carbocycles. The SMILES string of the molecule is CC1(CNc2ccc(N)cc2C(F)F)CCCC1. The second-order valence-electron chi connectivity index (χ2n) is 5.52. The first-order valence-electron chi connectivity index (χ1n) is 6.42. The van der Waals surface area contributed by atoms with Crippen molar-refractivity contribution in [3.63, 3.8) is 0 Å².